The van der Waals surface area contributed by atoms with Crippen molar-refractivity contribution in [3.05, 3.63) is 65.7 Å². The Kier molecular flexibility index (Phi) is 3.87. The van der Waals surface area contributed by atoms with Gasteiger partial charge >= 0.3 is 0 Å². The normalized spacial score (nSPS) is 11.2. The molecule has 1 N–H and O–H groups in total. The van der Waals surface area contributed by atoms with Gasteiger partial charge in [0, 0.05) is 22.9 Å². The van der Waals surface area contributed by atoms with Crippen LogP contribution in [0.1, 0.15) is 10.5 Å². The Morgan fingerprint density at radius 1 is 1.07 bits per heavy atom. The maximum Gasteiger partial charge on any atom is 0.277 e. The van der Waals surface area contributed by atoms with Crippen LogP contribution in [0.15, 0.2) is 68.9 Å². The zero-order valence-corrected chi connectivity index (χ0v) is 15.6. The summed E-state index contributed by atoms with van der Waals surface area (Å²) in [5.41, 5.74) is 2.13. The number of benzene rings is 2. The lowest BCUT2D eigenvalue weighted by atomic mass is 10.1. The van der Waals surface area contributed by atoms with Crippen LogP contribution in [0.5, 0.6) is 5.75 Å². The first kappa shape index (κ1) is 16.6. The van der Waals surface area contributed by atoms with Crippen molar-refractivity contribution < 1.29 is 18.5 Å². The highest BCUT2D eigenvalue weighted by atomic mass is 32.1. The van der Waals surface area contributed by atoms with Gasteiger partial charge in [0.1, 0.15) is 16.9 Å². The van der Waals surface area contributed by atoms with Gasteiger partial charge in [0.05, 0.1) is 17.7 Å². The van der Waals surface area contributed by atoms with Crippen molar-refractivity contribution in [3.8, 4) is 16.4 Å². The van der Waals surface area contributed by atoms with Crippen molar-refractivity contribution >= 4 is 44.9 Å². The fraction of sp³-hybridized carbons (Fsp3) is 0.0476. The summed E-state index contributed by atoms with van der Waals surface area (Å²) in [4.78, 5) is 13.6. The van der Waals surface area contributed by atoms with Crippen LogP contribution in [0.2, 0.25) is 0 Å². The van der Waals surface area contributed by atoms with E-state index < -0.39 is 0 Å². The molecule has 28 heavy (non-hydrogen) atoms. The first-order valence-corrected chi connectivity index (χ1v) is 9.42. The second-order valence-electron chi connectivity index (χ2n) is 6.15. The zero-order valence-electron chi connectivity index (χ0n) is 14.8. The lowest BCUT2D eigenvalue weighted by Gasteiger charge is -2.09. The number of fused-ring (bicyclic) bond motifs is 3. The molecule has 0 aliphatic heterocycles. The van der Waals surface area contributed by atoms with Gasteiger partial charge in [-0.15, -0.1) is 11.3 Å². The molecule has 0 unspecified atom stereocenters. The first-order valence-electron chi connectivity index (χ1n) is 8.54. The van der Waals surface area contributed by atoms with Gasteiger partial charge in [-0.05, 0) is 23.6 Å². The molecule has 7 heteroatoms. The number of carbonyl (C=O) groups is 1. The molecule has 0 spiro atoms. The van der Waals surface area contributed by atoms with Gasteiger partial charge in [-0.25, -0.2) is 0 Å². The molecule has 0 aliphatic carbocycles. The van der Waals surface area contributed by atoms with Crippen molar-refractivity contribution in [1.82, 2.24) is 5.16 Å². The second kappa shape index (κ2) is 6.54. The molecular formula is C21H14N2O4S. The molecule has 0 bridgehead atoms. The number of rotatable bonds is 4. The van der Waals surface area contributed by atoms with Gasteiger partial charge in [-0.1, -0.05) is 29.4 Å². The smallest absolute Gasteiger partial charge is 0.277 e. The molecule has 3 heterocycles. The number of anilines is 1. The zero-order chi connectivity index (χ0) is 19.1. The summed E-state index contributed by atoms with van der Waals surface area (Å²) < 4.78 is 16.7. The highest BCUT2D eigenvalue weighted by molar-refractivity contribution is 7.13. The van der Waals surface area contributed by atoms with Gasteiger partial charge in [-0.3, -0.25) is 4.79 Å². The van der Waals surface area contributed by atoms with E-state index in [9.17, 15) is 4.79 Å². The van der Waals surface area contributed by atoms with Crippen LogP contribution in [0.3, 0.4) is 0 Å². The average Bonchev–Trinajstić information content (AvgIpc) is 3.45. The molecule has 0 atom stereocenters. The van der Waals surface area contributed by atoms with E-state index in [1.165, 1.54) is 11.3 Å². The van der Waals surface area contributed by atoms with Crippen LogP contribution in [0.4, 0.5) is 5.69 Å². The lowest BCUT2D eigenvalue weighted by Crippen LogP contribution is -2.12. The van der Waals surface area contributed by atoms with Gasteiger partial charge in [0.25, 0.3) is 5.91 Å². The van der Waals surface area contributed by atoms with E-state index in [4.69, 9.17) is 13.7 Å². The van der Waals surface area contributed by atoms with E-state index in [1.54, 1.807) is 19.2 Å². The number of nitrogens with one attached hydrogen (secondary N) is 1. The molecule has 0 fully saturated rings. The third-order valence-corrected chi connectivity index (χ3v) is 5.34. The Hall–Kier alpha value is -3.58. The minimum Gasteiger partial charge on any atom is -0.495 e. The molecule has 5 aromatic rings. The summed E-state index contributed by atoms with van der Waals surface area (Å²) in [6.07, 6.45) is 0. The number of hydrogen-bond donors (Lipinski definition) is 1. The predicted octanol–water partition coefficient (Wildman–Crippen LogP) is 5.56. The fourth-order valence-electron chi connectivity index (χ4n) is 3.12. The summed E-state index contributed by atoms with van der Waals surface area (Å²) in [7, 11) is 1.56. The van der Waals surface area contributed by atoms with Crippen molar-refractivity contribution in [2.75, 3.05) is 12.4 Å². The molecule has 6 nitrogen and oxygen atoms in total. The van der Waals surface area contributed by atoms with Crippen LogP contribution >= 0.6 is 11.3 Å². The van der Waals surface area contributed by atoms with Crippen LogP contribution in [-0.4, -0.2) is 18.2 Å². The molecule has 0 saturated carbocycles. The maximum absolute atomic E-state index is 12.7. The van der Waals surface area contributed by atoms with E-state index in [0.29, 0.717) is 22.8 Å². The van der Waals surface area contributed by atoms with Crippen LogP contribution in [0.25, 0.3) is 32.6 Å². The van der Waals surface area contributed by atoms with E-state index in [-0.39, 0.29) is 11.6 Å². The van der Waals surface area contributed by atoms with Gasteiger partial charge in [0.15, 0.2) is 11.5 Å². The quantitative estimate of drug-likeness (QED) is 0.434. The Bertz CT molecular complexity index is 1300. The number of amides is 1. The van der Waals surface area contributed by atoms with Crippen molar-refractivity contribution in [2.45, 2.75) is 0 Å². The SMILES string of the molecule is COc1cc2c(cc1NC(=O)c1cc(-c3cccs3)on1)oc1ccccc12. The number of para-hydroxylation sites is 1. The Labute approximate surface area is 163 Å². The Balaban J connectivity index is 1.50. The highest BCUT2D eigenvalue weighted by Crippen LogP contribution is 2.36. The highest BCUT2D eigenvalue weighted by Gasteiger charge is 2.18. The molecule has 138 valence electrons. The molecule has 0 aliphatic rings. The van der Waals surface area contributed by atoms with Crippen LogP contribution in [0, 0.1) is 0 Å². The minimum atomic E-state index is -0.389. The standard InChI is InChI=1S/C21H14N2O4S/c1-25-18-9-13-12-5-2-3-6-16(12)26-17(13)10-14(18)22-21(24)15-11-19(27-23-15)20-7-4-8-28-20/h2-11H,1H3,(H,22,24). The van der Waals surface area contributed by atoms with Gasteiger partial charge < -0.3 is 19.0 Å². The average molecular weight is 390 g/mol. The van der Waals surface area contributed by atoms with E-state index in [2.05, 4.69) is 10.5 Å². The largest absolute Gasteiger partial charge is 0.495 e. The van der Waals surface area contributed by atoms with Gasteiger partial charge in [-0.2, -0.15) is 0 Å². The predicted molar refractivity (Wildman–Crippen MR) is 108 cm³/mol. The summed E-state index contributed by atoms with van der Waals surface area (Å²) >= 11 is 1.52. The van der Waals surface area contributed by atoms with Gasteiger partial charge in [0.2, 0.25) is 0 Å². The summed E-state index contributed by atoms with van der Waals surface area (Å²) in [5, 5.41) is 10.6. The fourth-order valence-corrected chi connectivity index (χ4v) is 3.79. The van der Waals surface area contributed by atoms with E-state index >= 15 is 0 Å². The molecule has 5 rings (SSSR count). The van der Waals surface area contributed by atoms with Crippen molar-refractivity contribution in [1.29, 1.82) is 0 Å². The topological polar surface area (TPSA) is 77.5 Å². The number of furan rings is 1. The maximum atomic E-state index is 12.7. The van der Waals surface area contributed by atoms with Crippen LogP contribution in [-0.2, 0) is 0 Å². The third kappa shape index (κ3) is 2.73. The molecule has 0 saturated heterocycles. The Morgan fingerprint density at radius 3 is 2.79 bits per heavy atom. The number of hydrogen-bond acceptors (Lipinski definition) is 6. The van der Waals surface area contributed by atoms with Crippen molar-refractivity contribution in [2.24, 2.45) is 0 Å². The van der Waals surface area contributed by atoms with Crippen LogP contribution < -0.4 is 10.1 Å². The lowest BCUT2D eigenvalue weighted by molar-refractivity contribution is 0.101. The number of methoxy groups -OCH3 is 1. The molecule has 3 aromatic heterocycles. The second-order valence-corrected chi connectivity index (χ2v) is 7.10. The molecule has 2 aromatic carbocycles. The number of nitrogens with zero attached hydrogens (tertiary/aromatic N) is 1. The molecule has 0 radical (unpaired) electrons. The summed E-state index contributed by atoms with van der Waals surface area (Å²) in [5.74, 6) is 0.703. The number of aromatic nitrogens is 1. The van der Waals surface area contributed by atoms with E-state index in [1.807, 2.05) is 47.8 Å². The summed E-state index contributed by atoms with van der Waals surface area (Å²) in [6.45, 7) is 0. The summed E-state index contributed by atoms with van der Waals surface area (Å²) in [6, 6.07) is 16.8. The Morgan fingerprint density at radius 2 is 1.96 bits per heavy atom. The first-order chi connectivity index (χ1) is 13.7. The molecule has 1 amide bonds. The number of carbonyl (C=O) groups excluding carboxylic acids is 1. The number of ether oxygens (including phenoxy) is 1. The number of thiophene rings is 1. The monoisotopic (exact) mass is 390 g/mol. The minimum absolute atomic E-state index is 0.190. The molecular weight excluding hydrogens is 376 g/mol. The third-order valence-electron chi connectivity index (χ3n) is 4.45. The van der Waals surface area contributed by atoms with Crippen molar-refractivity contribution in [3.63, 3.8) is 0 Å². The van der Waals surface area contributed by atoms with E-state index in [0.717, 1.165) is 21.2 Å².